The Kier molecular flexibility index (Phi) is 7.91. The second kappa shape index (κ2) is 11.5. The molecule has 0 fully saturated rings. The summed E-state index contributed by atoms with van der Waals surface area (Å²) in [5.74, 6) is 0. The van der Waals surface area contributed by atoms with Crippen molar-refractivity contribution in [3.8, 4) is 11.3 Å². The third-order valence-electron chi connectivity index (χ3n) is 7.01. The fraction of sp³-hybridized carbons (Fsp3) is 0.143. The van der Waals surface area contributed by atoms with Gasteiger partial charge in [-0.3, -0.25) is 0 Å². The molecule has 1 radical (unpaired) electrons. The van der Waals surface area contributed by atoms with Crippen LogP contribution in [0.3, 0.4) is 0 Å². The molecule has 1 aliphatic rings. The Labute approximate surface area is 248 Å². The van der Waals surface area contributed by atoms with Crippen molar-refractivity contribution < 1.29 is 24.7 Å². The van der Waals surface area contributed by atoms with Crippen molar-refractivity contribution in [3.05, 3.63) is 121 Å². The van der Waals surface area contributed by atoms with E-state index in [0.717, 1.165) is 28.3 Å². The third kappa shape index (κ3) is 5.08. The summed E-state index contributed by atoms with van der Waals surface area (Å²) in [6, 6.07) is 43.7. The summed E-state index contributed by atoms with van der Waals surface area (Å²) >= 11 is 0. The average molecular weight is 699 g/mol. The number of fused-ring (bicyclic) bond motifs is 4. The quantitative estimate of drug-likeness (QED) is 0.135. The van der Waals surface area contributed by atoms with Gasteiger partial charge in [0, 0.05) is 50.0 Å². The van der Waals surface area contributed by atoms with E-state index in [4.69, 9.17) is 0 Å². The van der Waals surface area contributed by atoms with Crippen LogP contribution in [0.5, 0.6) is 0 Å². The van der Waals surface area contributed by atoms with Gasteiger partial charge < -0.3 is 9.55 Å². The van der Waals surface area contributed by atoms with E-state index in [0.29, 0.717) is 6.04 Å². The van der Waals surface area contributed by atoms with Crippen LogP contribution in [0.1, 0.15) is 25.5 Å². The molecule has 2 aromatic heterocycles. The predicted molar refractivity (Wildman–Crippen MR) is 161 cm³/mol. The molecule has 0 amide bonds. The number of nitrogens with zero attached hydrogens (tertiary/aromatic N) is 4. The second-order valence-electron chi connectivity index (χ2n) is 10.1. The first-order valence-corrected chi connectivity index (χ1v) is 13.2. The van der Waals surface area contributed by atoms with Gasteiger partial charge in [-0.25, -0.2) is 0 Å². The molecule has 0 atom stereocenters. The molecule has 0 aliphatic carbocycles. The third-order valence-corrected chi connectivity index (χ3v) is 7.01. The van der Waals surface area contributed by atoms with Gasteiger partial charge in [-0.15, -0.1) is 47.3 Å². The molecule has 1 aliphatic heterocycles. The van der Waals surface area contributed by atoms with Crippen LogP contribution in [0.15, 0.2) is 103 Å². The number of hydrogen-bond donors (Lipinski definition) is 0. The van der Waals surface area contributed by atoms with E-state index < -0.39 is 0 Å². The Bertz CT molecular complexity index is 1880. The molecule has 5 heteroatoms. The Morgan fingerprint density at radius 2 is 1.57 bits per heavy atom. The summed E-state index contributed by atoms with van der Waals surface area (Å²) < 4.78 is 6.54. The van der Waals surface area contributed by atoms with Gasteiger partial charge >= 0.3 is 6.01 Å². The van der Waals surface area contributed by atoms with Gasteiger partial charge in [0.1, 0.15) is 5.69 Å². The van der Waals surface area contributed by atoms with Crippen molar-refractivity contribution >= 4 is 44.9 Å². The van der Waals surface area contributed by atoms with E-state index in [-0.39, 0.29) is 20.1 Å². The minimum absolute atomic E-state index is 0. The van der Waals surface area contributed by atoms with Gasteiger partial charge in [0.25, 0.3) is 11.4 Å². The van der Waals surface area contributed by atoms with E-state index in [1.54, 1.807) is 0 Å². The van der Waals surface area contributed by atoms with Crippen LogP contribution in [0.25, 0.3) is 33.1 Å². The molecule has 0 saturated heterocycles. The summed E-state index contributed by atoms with van der Waals surface area (Å²) in [6.07, 6.45) is 1.87. The maximum absolute atomic E-state index is 4.32. The minimum Gasteiger partial charge on any atom is -0.362 e. The predicted octanol–water partition coefficient (Wildman–Crippen LogP) is 8.33. The van der Waals surface area contributed by atoms with E-state index in [1.165, 1.54) is 27.4 Å². The fourth-order valence-electron chi connectivity index (χ4n) is 5.17. The van der Waals surface area contributed by atoms with Gasteiger partial charge in [0.05, 0.1) is 0 Å². The smallest absolute Gasteiger partial charge is 0.362 e. The summed E-state index contributed by atoms with van der Waals surface area (Å²) in [5.41, 5.74) is 9.02. The summed E-state index contributed by atoms with van der Waals surface area (Å²) in [7, 11) is 2.03. The molecule has 4 nitrogen and oxygen atoms in total. The largest absolute Gasteiger partial charge is 0.494 e. The van der Waals surface area contributed by atoms with Crippen LogP contribution in [0, 0.1) is 19.1 Å². The van der Waals surface area contributed by atoms with Crippen molar-refractivity contribution in [3.63, 3.8) is 0 Å². The fourth-order valence-corrected chi connectivity index (χ4v) is 5.17. The first-order chi connectivity index (χ1) is 19.0. The number of para-hydroxylation sites is 3. The van der Waals surface area contributed by atoms with E-state index >= 15 is 0 Å². The number of benzene rings is 4. The number of aryl methyl sites for hydroxylation is 1. The first kappa shape index (κ1) is 27.4. The zero-order valence-corrected chi connectivity index (χ0v) is 25.4. The van der Waals surface area contributed by atoms with Crippen LogP contribution < -0.4 is 4.58 Å². The van der Waals surface area contributed by atoms with Gasteiger partial charge in [0.15, 0.2) is 7.05 Å². The topological polar surface area (TPSA) is 23.8 Å². The van der Waals surface area contributed by atoms with Gasteiger partial charge in [-0.1, -0.05) is 63.2 Å². The maximum Gasteiger partial charge on any atom is 0.494 e. The summed E-state index contributed by atoms with van der Waals surface area (Å²) in [4.78, 5) is 4.32. The number of aromatic nitrogens is 2. The standard InChI is InChI=1S/C23H20N3.C12H10N.Ir/c1-16(2)26-20-9-5-4-8-18(20)19-13-12-17(14-23(19)26)25-15-24(3)21-10-6-7-11-22(21)25;1-10-7-8-12(13-9-10)11-5-3-2-4-6-11;/h4-11,13-14,16H,1-3H3;2-5,7-9H,1H3;/q+1;-1;. The number of hydrogen-bond acceptors (Lipinski definition) is 1. The second-order valence-corrected chi connectivity index (χ2v) is 10.1. The molecule has 3 heterocycles. The average Bonchev–Trinajstić information content (AvgIpc) is 3.49. The van der Waals surface area contributed by atoms with Crippen molar-refractivity contribution in [2.24, 2.45) is 0 Å². The van der Waals surface area contributed by atoms with Crippen LogP contribution in [-0.2, 0) is 20.1 Å². The maximum atomic E-state index is 4.32. The molecule has 7 rings (SSSR count). The van der Waals surface area contributed by atoms with Crippen LogP contribution >= 0.6 is 0 Å². The molecule has 0 N–H and O–H groups in total. The van der Waals surface area contributed by atoms with Crippen LogP contribution in [0.4, 0.5) is 17.1 Å². The van der Waals surface area contributed by atoms with Crippen molar-refractivity contribution in [2.45, 2.75) is 26.8 Å². The van der Waals surface area contributed by atoms with Crippen molar-refractivity contribution in [1.29, 1.82) is 0 Å². The summed E-state index contributed by atoms with van der Waals surface area (Å²) in [5, 5.41) is 2.53. The van der Waals surface area contributed by atoms with Gasteiger partial charge in [-0.2, -0.15) is 6.07 Å². The molecular formula is C35H30IrN4. The molecule has 0 unspecified atom stereocenters. The number of rotatable bonds is 3. The van der Waals surface area contributed by atoms with E-state index in [1.807, 2.05) is 55.1 Å². The van der Waals surface area contributed by atoms with Crippen LogP contribution in [-0.4, -0.2) is 27.2 Å². The van der Waals surface area contributed by atoms with Crippen molar-refractivity contribution in [2.75, 3.05) is 7.05 Å². The zero-order valence-electron chi connectivity index (χ0n) is 23.0. The first-order valence-electron chi connectivity index (χ1n) is 13.2. The Morgan fingerprint density at radius 1 is 0.825 bits per heavy atom. The minimum atomic E-state index is 0. The SMILES string of the molecule is CC(C)n1c2ccccc2c2c[c-]c([N+]3=C=[N+](C)c4ccccc43)cc21.Cc1ccc(-c2[c-]cccc2)nc1.[Ir]. The van der Waals surface area contributed by atoms with E-state index in [2.05, 4.69) is 113 Å². The molecular weight excluding hydrogens is 669 g/mol. The molecule has 6 aromatic rings. The monoisotopic (exact) mass is 699 g/mol. The van der Waals surface area contributed by atoms with Crippen LogP contribution in [0.2, 0.25) is 0 Å². The van der Waals surface area contributed by atoms with E-state index in [9.17, 15) is 0 Å². The molecule has 0 bridgehead atoms. The Morgan fingerprint density at radius 3 is 2.30 bits per heavy atom. The molecule has 40 heavy (non-hydrogen) atoms. The summed E-state index contributed by atoms with van der Waals surface area (Å²) in [6.45, 7) is 6.50. The van der Waals surface area contributed by atoms with Crippen molar-refractivity contribution in [1.82, 2.24) is 14.1 Å². The molecule has 0 saturated carbocycles. The van der Waals surface area contributed by atoms with Gasteiger partial charge in [-0.05, 0) is 43.5 Å². The van der Waals surface area contributed by atoms with Gasteiger partial charge in [0.2, 0.25) is 0 Å². The zero-order chi connectivity index (χ0) is 26.9. The normalized spacial score (nSPS) is 11.9. The molecule has 4 aromatic carbocycles. The Hall–Kier alpha value is -4.14. The Balaban J connectivity index is 0.000000195. The molecule has 0 spiro atoms. The number of pyridine rings is 1. The molecule has 199 valence electrons.